The minimum atomic E-state index is -1.95. The van der Waals surface area contributed by atoms with Crippen molar-refractivity contribution in [2.45, 2.75) is 246 Å². The third-order valence-corrected chi connectivity index (χ3v) is 13.4. The van der Waals surface area contributed by atoms with E-state index >= 15 is 0 Å². The van der Waals surface area contributed by atoms with Gasteiger partial charge in [-0.2, -0.15) is 0 Å². The number of cyclic esters (lactones) is 1. The van der Waals surface area contributed by atoms with Gasteiger partial charge in [0, 0.05) is 6.42 Å². The molecule has 0 aromatic carbocycles. The lowest BCUT2D eigenvalue weighted by molar-refractivity contribution is -0.157. The van der Waals surface area contributed by atoms with Crippen molar-refractivity contribution in [3.63, 3.8) is 0 Å². The second kappa shape index (κ2) is 37.9. The van der Waals surface area contributed by atoms with Gasteiger partial charge in [0.1, 0.15) is 60.5 Å². The first kappa shape index (κ1) is 73.1. The minimum absolute atomic E-state index is 0.00946. The fourth-order valence-corrected chi connectivity index (χ4v) is 9.01. The van der Waals surface area contributed by atoms with Gasteiger partial charge in [-0.05, 0) is 75.0 Å². The number of esters is 1. The molecule has 1 heterocycles. The number of ether oxygens (including phenoxy) is 1. The molecule has 1 fully saturated rings. The predicted octanol–water partition coefficient (Wildman–Crippen LogP) is 0.876. The molecule has 9 amide bonds. The number of amides is 9. The number of hydrogen-bond donors (Lipinski definition) is 13. The normalized spacial score (nSPS) is 23.4. The number of hydrogen-bond acceptors (Lipinski definition) is 15. The van der Waals surface area contributed by atoms with Gasteiger partial charge in [0.25, 0.3) is 0 Å². The van der Waals surface area contributed by atoms with E-state index in [-0.39, 0.29) is 55.8 Å². The second-order valence-electron chi connectivity index (χ2n) is 23.4. The molecule has 1 aliphatic heterocycles. The van der Waals surface area contributed by atoms with Gasteiger partial charge in [0.05, 0.1) is 25.7 Å². The number of carboxylic acids is 1. The molecule has 0 spiro atoms. The van der Waals surface area contributed by atoms with Gasteiger partial charge in [-0.1, -0.05) is 121 Å². The largest absolute Gasteiger partial charge is 0.481 e. The van der Waals surface area contributed by atoms with E-state index in [0.717, 1.165) is 38.5 Å². The van der Waals surface area contributed by atoms with Crippen LogP contribution in [0.2, 0.25) is 0 Å². The van der Waals surface area contributed by atoms with E-state index in [1.54, 1.807) is 69.2 Å². The van der Waals surface area contributed by atoms with E-state index in [1.165, 1.54) is 6.92 Å². The molecule has 1 saturated heterocycles. The van der Waals surface area contributed by atoms with E-state index in [0.29, 0.717) is 12.8 Å². The smallest absolute Gasteiger partial charge is 0.328 e. The Balaban J connectivity index is 3.92. The molecule has 11 atom stereocenters. The molecule has 25 heteroatoms. The van der Waals surface area contributed by atoms with E-state index in [9.17, 15) is 73.2 Å². The van der Waals surface area contributed by atoms with Gasteiger partial charge < -0.3 is 73.0 Å². The lowest BCUT2D eigenvalue weighted by atomic mass is 9.98. The monoisotopic (exact) mass is 1150 g/mol. The van der Waals surface area contributed by atoms with Crippen LogP contribution in [0.3, 0.4) is 0 Å². The van der Waals surface area contributed by atoms with Crippen molar-refractivity contribution < 1.29 is 77.9 Å². The highest BCUT2D eigenvalue weighted by Crippen LogP contribution is 2.16. The van der Waals surface area contributed by atoms with Crippen LogP contribution >= 0.6 is 0 Å². The topological polar surface area (TPSA) is 386 Å². The summed E-state index contributed by atoms with van der Waals surface area (Å²) in [6.45, 7) is 18.4. The van der Waals surface area contributed by atoms with E-state index in [4.69, 9.17) is 4.74 Å². The van der Waals surface area contributed by atoms with Crippen molar-refractivity contribution in [1.29, 1.82) is 0 Å². The first-order chi connectivity index (χ1) is 37.9. The molecule has 0 aliphatic carbocycles. The van der Waals surface area contributed by atoms with Crippen molar-refractivity contribution in [3.8, 4) is 0 Å². The summed E-state index contributed by atoms with van der Waals surface area (Å²) >= 11 is 0. The number of rotatable bonds is 29. The zero-order valence-corrected chi connectivity index (χ0v) is 49.9. The third kappa shape index (κ3) is 28.5. The molecule has 0 aromatic rings. The summed E-state index contributed by atoms with van der Waals surface area (Å²) in [6, 6.07) is -14.1. The van der Waals surface area contributed by atoms with Crippen molar-refractivity contribution in [1.82, 2.24) is 47.9 Å². The Hall–Kier alpha value is -5.95. The average molecular weight is 1150 g/mol. The molecule has 0 radical (unpaired) electrons. The molecule has 0 bridgehead atoms. The van der Waals surface area contributed by atoms with E-state index in [1.807, 2.05) is 0 Å². The standard InChI is InChI=1S/C56H99N9O16/c1-13-14-15-16-17-18-19-20-36(68)27-44(69)57-38(23-30(2)3)49(73)58-37(21-22-45(70)71)48(72)65-47-35(12)81-56(80)41(26-33(8)9)61-53(77)43(29-67)63-50(74)39(24-31(4)5)59-52(76)42(28-66)62-51(75)40(25-32(6)7)60-54(78)46(34(10)11)64-55(47)79/h30-43,46-47,66-68H,13-29H2,1-12H3,(H,57,69)(H,58,73)(H,59,76)(H,60,78)(H,61,77)(H,62,75)(H,63,74)(H,64,79)(H,65,72)(H,70,71). The van der Waals surface area contributed by atoms with Crippen LogP contribution in [0.4, 0.5) is 0 Å². The summed E-state index contributed by atoms with van der Waals surface area (Å²) < 4.78 is 5.81. The molecule has 1 rings (SSSR count). The van der Waals surface area contributed by atoms with Crippen molar-refractivity contribution in [2.24, 2.45) is 29.6 Å². The highest BCUT2D eigenvalue weighted by atomic mass is 16.5. The van der Waals surface area contributed by atoms with Crippen LogP contribution in [-0.2, 0) is 57.5 Å². The van der Waals surface area contributed by atoms with Gasteiger partial charge in [-0.3, -0.25) is 47.9 Å². The van der Waals surface area contributed by atoms with Gasteiger partial charge >= 0.3 is 11.9 Å². The maximum Gasteiger partial charge on any atom is 0.328 e. The summed E-state index contributed by atoms with van der Waals surface area (Å²) in [7, 11) is 0. The van der Waals surface area contributed by atoms with Crippen LogP contribution in [0, 0.1) is 29.6 Å². The van der Waals surface area contributed by atoms with Crippen LogP contribution in [0.25, 0.3) is 0 Å². The first-order valence-corrected chi connectivity index (χ1v) is 29.0. The van der Waals surface area contributed by atoms with E-state index < -0.39 is 164 Å². The minimum Gasteiger partial charge on any atom is -0.481 e. The number of aliphatic hydroxyl groups excluding tert-OH is 3. The maximum absolute atomic E-state index is 14.7. The number of carboxylic acid groups (broad SMARTS) is 1. The van der Waals surface area contributed by atoms with Crippen LogP contribution < -0.4 is 47.9 Å². The van der Waals surface area contributed by atoms with Gasteiger partial charge in [0.15, 0.2) is 0 Å². The summed E-state index contributed by atoms with van der Waals surface area (Å²) in [6.07, 6.45) is 3.15. The lowest BCUT2D eigenvalue weighted by Gasteiger charge is -2.32. The van der Waals surface area contributed by atoms with E-state index in [2.05, 4.69) is 54.8 Å². The Bertz CT molecular complexity index is 2060. The first-order valence-electron chi connectivity index (χ1n) is 29.0. The number of carbonyl (C=O) groups is 11. The average Bonchev–Trinajstić information content (AvgIpc) is 3.36. The van der Waals surface area contributed by atoms with Crippen molar-refractivity contribution in [2.75, 3.05) is 13.2 Å². The lowest BCUT2D eigenvalue weighted by Crippen LogP contribution is -2.63. The second-order valence-corrected chi connectivity index (χ2v) is 23.4. The third-order valence-electron chi connectivity index (χ3n) is 13.4. The number of carbonyl (C=O) groups excluding carboxylic acids is 10. The van der Waals surface area contributed by atoms with Gasteiger partial charge in [-0.25, -0.2) is 4.79 Å². The molecule has 81 heavy (non-hydrogen) atoms. The molecular formula is C56H99N9O16. The Morgan fingerprint density at radius 2 is 1.00 bits per heavy atom. The number of aliphatic hydroxyl groups is 3. The number of aliphatic carboxylic acids is 1. The van der Waals surface area contributed by atoms with Crippen molar-refractivity contribution >= 4 is 65.1 Å². The van der Waals surface area contributed by atoms with Crippen LogP contribution in [0.5, 0.6) is 0 Å². The van der Waals surface area contributed by atoms with Crippen LogP contribution in [0.1, 0.15) is 179 Å². The summed E-state index contributed by atoms with van der Waals surface area (Å²) in [5.74, 6) is -13.0. The van der Waals surface area contributed by atoms with Gasteiger partial charge in [-0.15, -0.1) is 0 Å². The molecular weight excluding hydrogens is 1050 g/mol. The summed E-state index contributed by atoms with van der Waals surface area (Å²) in [4.78, 5) is 152. The SMILES string of the molecule is CCCCCCCCCC(O)CC(=O)NC(CC(C)C)C(=O)NC(CCC(=O)O)C(=O)NC1C(=O)NC(C(C)C)C(=O)NC(CC(C)C)C(=O)NC(CO)C(=O)NC(CC(C)C)C(=O)NC(CO)C(=O)NC(CC(C)C)C(=O)OC1C. The molecule has 0 saturated carbocycles. The fraction of sp³-hybridized carbons (Fsp3) is 0.804. The molecule has 25 nitrogen and oxygen atoms in total. The molecule has 1 aliphatic rings. The van der Waals surface area contributed by atoms with Crippen molar-refractivity contribution in [3.05, 3.63) is 0 Å². The fourth-order valence-electron chi connectivity index (χ4n) is 9.01. The Kier molecular flexibility index (Phi) is 34.2. The van der Waals surface area contributed by atoms with Gasteiger partial charge in [0.2, 0.25) is 53.2 Å². The molecule has 11 unspecified atom stereocenters. The number of nitrogens with one attached hydrogen (secondary N) is 9. The molecule has 464 valence electrons. The Labute approximate surface area is 478 Å². The summed E-state index contributed by atoms with van der Waals surface area (Å²) in [5, 5.41) is 63.6. The Morgan fingerprint density at radius 1 is 0.543 bits per heavy atom. The zero-order valence-electron chi connectivity index (χ0n) is 49.9. The highest BCUT2D eigenvalue weighted by molar-refractivity contribution is 5.99. The molecule has 13 N–H and O–H groups in total. The maximum atomic E-state index is 14.7. The highest BCUT2D eigenvalue weighted by Gasteiger charge is 2.40. The van der Waals surface area contributed by atoms with Crippen LogP contribution in [0.15, 0.2) is 0 Å². The van der Waals surface area contributed by atoms with Crippen LogP contribution in [-0.4, -0.2) is 165 Å². The predicted molar refractivity (Wildman–Crippen MR) is 300 cm³/mol. The zero-order chi connectivity index (χ0) is 61.7. The Morgan fingerprint density at radius 3 is 1.47 bits per heavy atom. The number of unbranched alkanes of at least 4 members (excludes halogenated alkanes) is 6. The molecule has 0 aromatic heterocycles. The summed E-state index contributed by atoms with van der Waals surface area (Å²) in [5.41, 5.74) is 0. The quantitative estimate of drug-likeness (QED) is 0.0365.